The minimum absolute atomic E-state index is 0.235. The molecule has 0 bridgehead atoms. The van der Waals surface area contributed by atoms with E-state index in [0.717, 1.165) is 10.2 Å². The van der Waals surface area contributed by atoms with E-state index in [0.29, 0.717) is 11.2 Å². The molecule has 2 aromatic carbocycles. The van der Waals surface area contributed by atoms with Gasteiger partial charge in [0.05, 0.1) is 0 Å². The van der Waals surface area contributed by atoms with Gasteiger partial charge in [0.25, 0.3) is 0 Å². The van der Waals surface area contributed by atoms with Gasteiger partial charge in [0.15, 0.2) is 0 Å². The summed E-state index contributed by atoms with van der Waals surface area (Å²) in [7, 11) is 0. The van der Waals surface area contributed by atoms with Gasteiger partial charge in [-0.25, -0.2) is 0 Å². The van der Waals surface area contributed by atoms with Crippen LogP contribution in [0.4, 0.5) is 0 Å². The third-order valence-electron chi connectivity index (χ3n) is 3.64. The van der Waals surface area contributed by atoms with E-state index in [9.17, 15) is 5.11 Å². The molecule has 2 atom stereocenters. The van der Waals surface area contributed by atoms with Gasteiger partial charge in [-0.15, -0.1) is 0 Å². The maximum atomic E-state index is 10.5. The fourth-order valence-electron chi connectivity index (χ4n) is 2.50. The fourth-order valence-corrected chi connectivity index (χ4v) is 5.61. The Morgan fingerprint density at radius 1 is 1.10 bits per heavy atom. The molecule has 0 spiro atoms. The van der Waals surface area contributed by atoms with Crippen molar-refractivity contribution in [2.24, 2.45) is 4.99 Å². The van der Waals surface area contributed by atoms with Crippen LogP contribution in [-0.4, -0.2) is 30.4 Å². The molecule has 21 heavy (non-hydrogen) atoms. The standard InChI is InChI=1S/C18H19NOSe/c1-13-8-10-15(11-9-13)17-19-18(2,20)12-16(21-17)14-6-4-3-5-7-14/h3-11,16,20H,12H2,1-2H3/t16-,18-/m1/s1. The Morgan fingerprint density at radius 3 is 2.43 bits per heavy atom. The first-order valence-electron chi connectivity index (χ1n) is 7.14. The van der Waals surface area contributed by atoms with Crippen molar-refractivity contribution in [3.05, 3.63) is 71.3 Å². The summed E-state index contributed by atoms with van der Waals surface area (Å²) in [6, 6.07) is 18.9. The molecule has 1 heterocycles. The molecular weight excluding hydrogens is 325 g/mol. The van der Waals surface area contributed by atoms with Gasteiger partial charge in [-0.1, -0.05) is 0 Å². The van der Waals surface area contributed by atoms with Crippen LogP contribution in [0, 0.1) is 6.92 Å². The van der Waals surface area contributed by atoms with Crippen molar-refractivity contribution in [1.82, 2.24) is 0 Å². The Balaban J connectivity index is 1.94. The molecule has 0 saturated carbocycles. The first-order valence-corrected chi connectivity index (χ1v) is 8.99. The summed E-state index contributed by atoms with van der Waals surface area (Å²) >= 11 is 0.235. The maximum absolute atomic E-state index is 10.5. The molecule has 2 nitrogen and oxygen atoms in total. The van der Waals surface area contributed by atoms with Gasteiger partial charge in [0, 0.05) is 0 Å². The molecule has 1 aliphatic heterocycles. The van der Waals surface area contributed by atoms with E-state index in [4.69, 9.17) is 0 Å². The van der Waals surface area contributed by atoms with Gasteiger partial charge in [0.2, 0.25) is 0 Å². The van der Waals surface area contributed by atoms with E-state index in [1.807, 2.05) is 13.0 Å². The number of hydrogen-bond donors (Lipinski definition) is 1. The Hall–Kier alpha value is -1.41. The Labute approximate surface area is 132 Å². The van der Waals surface area contributed by atoms with Crippen LogP contribution >= 0.6 is 0 Å². The minimum atomic E-state index is -0.972. The summed E-state index contributed by atoms with van der Waals surface area (Å²) in [4.78, 5) is 4.97. The molecule has 108 valence electrons. The normalized spacial score (nSPS) is 25.5. The number of aliphatic hydroxyl groups is 1. The van der Waals surface area contributed by atoms with Crippen molar-refractivity contribution in [3.8, 4) is 0 Å². The summed E-state index contributed by atoms with van der Waals surface area (Å²) in [5.41, 5.74) is 2.72. The Bertz CT molecular complexity index is 647. The molecule has 0 saturated heterocycles. The molecule has 0 aromatic heterocycles. The van der Waals surface area contributed by atoms with Crippen molar-refractivity contribution in [1.29, 1.82) is 0 Å². The van der Waals surface area contributed by atoms with Crippen LogP contribution in [0.25, 0.3) is 0 Å². The van der Waals surface area contributed by atoms with E-state index < -0.39 is 5.72 Å². The summed E-state index contributed by atoms with van der Waals surface area (Å²) in [6.07, 6.45) is 0.701. The number of rotatable bonds is 2. The SMILES string of the molecule is Cc1ccc(C2=N[C@](C)(O)C[C@H](c3ccccc3)[Se]2)cc1. The van der Waals surface area contributed by atoms with Crippen LogP contribution in [0.5, 0.6) is 0 Å². The number of aliphatic imine (C=N–C) groups is 1. The fraction of sp³-hybridized carbons (Fsp3) is 0.278. The zero-order valence-corrected chi connectivity index (χ0v) is 14.0. The zero-order valence-electron chi connectivity index (χ0n) is 12.3. The molecule has 2 aromatic rings. The quantitative estimate of drug-likeness (QED) is 0.833. The summed E-state index contributed by atoms with van der Waals surface area (Å²) in [5.74, 6) is 0. The van der Waals surface area contributed by atoms with E-state index >= 15 is 0 Å². The average Bonchev–Trinajstić information content (AvgIpc) is 2.47. The van der Waals surface area contributed by atoms with Crippen LogP contribution in [0.3, 0.4) is 0 Å². The van der Waals surface area contributed by atoms with Crippen molar-refractivity contribution in [2.75, 3.05) is 0 Å². The second-order valence-electron chi connectivity index (χ2n) is 5.72. The first-order chi connectivity index (χ1) is 10.0. The second kappa shape index (κ2) is 5.76. The van der Waals surface area contributed by atoms with Crippen molar-refractivity contribution >= 4 is 19.6 Å². The summed E-state index contributed by atoms with van der Waals surface area (Å²) in [6.45, 7) is 3.90. The molecule has 3 rings (SSSR count). The molecule has 0 unspecified atom stereocenters. The van der Waals surface area contributed by atoms with Gasteiger partial charge in [-0.05, 0) is 0 Å². The van der Waals surface area contributed by atoms with Gasteiger partial charge in [-0.3, -0.25) is 0 Å². The topological polar surface area (TPSA) is 32.6 Å². The average molecular weight is 344 g/mol. The number of benzene rings is 2. The number of nitrogens with zero attached hydrogens (tertiary/aromatic N) is 1. The van der Waals surface area contributed by atoms with Gasteiger partial charge >= 0.3 is 132 Å². The van der Waals surface area contributed by atoms with Crippen LogP contribution in [-0.2, 0) is 0 Å². The molecule has 0 amide bonds. The second-order valence-corrected chi connectivity index (χ2v) is 8.22. The summed E-state index contributed by atoms with van der Waals surface area (Å²) < 4.78 is 1.06. The van der Waals surface area contributed by atoms with E-state index in [1.54, 1.807) is 0 Å². The Morgan fingerprint density at radius 2 is 1.76 bits per heavy atom. The molecule has 1 N–H and O–H groups in total. The molecule has 0 fully saturated rings. The first kappa shape index (κ1) is 14.5. The van der Waals surface area contributed by atoms with Crippen molar-refractivity contribution in [3.63, 3.8) is 0 Å². The third kappa shape index (κ3) is 3.44. The van der Waals surface area contributed by atoms with Crippen molar-refractivity contribution < 1.29 is 5.11 Å². The number of hydrogen-bond acceptors (Lipinski definition) is 2. The molecule has 1 aliphatic rings. The predicted octanol–water partition coefficient (Wildman–Crippen LogP) is 3.30. The van der Waals surface area contributed by atoms with E-state index in [1.165, 1.54) is 11.1 Å². The number of aryl methyl sites for hydroxylation is 1. The molecule has 0 aliphatic carbocycles. The zero-order chi connectivity index (χ0) is 14.9. The van der Waals surface area contributed by atoms with Gasteiger partial charge in [0.1, 0.15) is 0 Å². The van der Waals surface area contributed by atoms with E-state index in [-0.39, 0.29) is 15.0 Å². The van der Waals surface area contributed by atoms with Crippen molar-refractivity contribution in [2.45, 2.75) is 30.8 Å². The Kier molecular flexibility index (Phi) is 3.99. The van der Waals surface area contributed by atoms with Crippen LogP contribution in [0.2, 0.25) is 0 Å². The van der Waals surface area contributed by atoms with Gasteiger partial charge < -0.3 is 0 Å². The summed E-state index contributed by atoms with van der Waals surface area (Å²) in [5, 5.41) is 10.5. The monoisotopic (exact) mass is 345 g/mol. The van der Waals surface area contributed by atoms with Crippen LogP contribution in [0.1, 0.15) is 34.9 Å². The third-order valence-corrected chi connectivity index (χ3v) is 6.31. The molecule has 3 heteroatoms. The van der Waals surface area contributed by atoms with Gasteiger partial charge in [-0.2, -0.15) is 0 Å². The van der Waals surface area contributed by atoms with E-state index in [2.05, 4.69) is 60.4 Å². The molecule has 0 radical (unpaired) electrons. The van der Waals surface area contributed by atoms with Crippen LogP contribution in [0.15, 0.2) is 59.6 Å². The van der Waals surface area contributed by atoms with Crippen LogP contribution < -0.4 is 0 Å². The predicted molar refractivity (Wildman–Crippen MR) is 87.9 cm³/mol. The molecular formula is C18H19NOSe.